The summed E-state index contributed by atoms with van der Waals surface area (Å²) in [5.74, 6) is -10.0. The second kappa shape index (κ2) is 9.73. The lowest BCUT2D eigenvalue weighted by Crippen LogP contribution is -2.62. The summed E-state index contributed by atoms with van der Waals surface area (Å²) in [6, 6.07) is 2.70. The van der Waals surface area contributed by atoms with Crippen LogP contribution in [0.5, 0.6) is 5.75 Å². The number of esters is 1. The molecule has 0 spiro atoms. The molecule has 3 aliphatic rings. The van der Waals surface area contributed by atoms with Crippen LogP contribution in [-0.4, -0.2) is 67.3 Å². The number of unbranched alkanes of at least 4 members (excludes halogenated alkanes) is 1. The molecule has 3 aliphatic carbocycles. The van der Waals surface area contributed by atoms with Crippen molar-refractivity contribution in [1.82, 2.24) is 0 Å². The number of fused-ring (bicyclic) bond motifs is 3. The highest BCUT2D eigenvalue weighted by molar-refractivity contribution is 6.24. The number of phenolic OH excluding ortho intramolecular Hbond substituents is 1. The number of allylic oxidation sites excluding steroid dienone is 1. The van der Waals surface area contributed by atoms with Crippen LogP contribution in [0, 0.1) is 11.8 Å². The molecule has 11 nitrogen and oxygen atoms in total. The molecule has 0 fully saturated rings. The molecular weight excluding hydrogens is 498 g/mol. The number of primary amides is 1. The SMILES string of the molecule is CCCCOC(=O)/C=C/c1ccc(O)c2c1[C@H](C)[C@@H]1C(=C(O)[C@]3(O)C(=O)C(C(N)=O)=C(O)C[C@@H]3[C@H]1O)C2=O. The van der Waals surface area contributed by atoms with E-state index in [9.17, 15) is 44.7 Å². The van der Waals surface area contributed by atoms with E-state index in [4.69, 9.17) is 10.5 Å². The molecule has 38 heavy (non-hydrogen) atoms. The number of benzene rings is 1. The molecule has 0 heterocycles. The van der Waals surface area contributed by atoms with Crippen molar-refractivity contribution in [3.8, 4) is 5.75 Å². The van der Waals surface area contributed by atoms with Crippen molar-refractivity contribution in [1.29, 1.82) is 0 Å². The summed E-state index contributed by atoms with van der Waals surface area (Å²) in [5, 5.41) is 54.7. The Morgan fingerprint density at radius 1 is 1.21 bits per heavy atom. The fourth-order valence-electron chi connectivity index (χ4n) is 5.78. The van der Waals surface area contributed by atoms with Gasteiger partial charge in [-0.25, -0.2) is 4.79 Å². The number of carbonyl (C=O) groups excluding carboxylic acids is 4. The van der Waals surface area contributed by atoms with Crippen LogP contribution in [-0.2, 0) is 19.1 Å². The van der Waals surface area contributed by atoms with E-state index in [1.54, 1.807) is 6.92 Å². The maximum absolute atomic E-state index is 13.7. The van der Waals surface area contributed by atoms with Crippen LogP contribution >= 0.6 is 0 Å². The Labute approximate surface area is 217 Å². The van der Waals surface area contributed by atoms with Gasteiger partial charge in [-0.2, -0.15) is 0 Å². The van der Waals surface area contributed by atoms with Gasteiger partial charge in [-0.05, 0) is 35.6 Å². The van der Waals surface area contributed by atoms with Gasteiger partial charge in [0.15, 0.2) is 11.4 Å². The Hall–Kier alpha value is -3.96. The van der Waals surface area contributed by atoms with Crippen LogP contribution in [0.25, 0.3) is 6.08 Å². The number of aliphatic hydroxyl groups excluding tert-OH is 3. The third-order valence-electron chi connectivity index (χ3n) is 7.65. The largest absolute Gasteiger partial charge is 0.511 e. The molecule has 0 aliphatic heterocycles. The zero-order valence-electron chi connectivity index (χ0n) is 20.8. The van der Waals surface area contributed by atoms with Crippen LogP contribution in [0.15, 0.2) is 40.9 Å². The van der Waals surface area contributed by atoms with E-state index in [2.05, 4.69) is 0 Å². The maximum atomic E-state index is 13.7. The summed E-state index contributed by atoms with van der Waals surface area (Å²) in [4.78, 5) is 50.6. The number of amides is 1. The zero-order chi connectivity index (χ0) is 28.1. The predicted octanol–water partition coefficient (Wildman–Crippen LogP) is 1.47. The quantitative estimate of drug-likeness (QED) is 0.136. The van der Waals surface area contributed by atoms with Gasteiger partial charge >= 0.3 is 5.97 Å². The average molecular weight is 528 g/mol. The minimum absolute atomic E-state index is 0.233. The van der Waals surface area contributed by atoms with Crippen molar-refractivity contribution in [2.75, 3.05) is 6.61 Å². The molecule has 0 radical (unpaired) electrons. The van der Waals surface area contributed by atoms with Crippen molar-refractivity contribution in [3.63, 3.8) is 0 Å². The molecule has 1 aromatic rings. The first-order valence-corrected chi connectivity index (χ1v) is 12.2. The molecule has 5 atom stereocenters. The molecule has 0 bridgehead atoms. The summed E-state index contributed by atoms with van der Waals surface area (Å²) in [5.41, 5.74) is 1.27. The summed E-state index contributed by atoms with van der Waals surface area (Å²) in [7, 11) is 0. The Morgan fingerprint density at radius 3 is 2.53 bits per heavy atom. The average Bonchev–Trinajstić information content (AvgIpc) is 2.85. The third kappa shape index (κ3) is 3.89. The topological polar surface area (TPSA) is 205 Å². The molecule has 0 saturated carbocycles. The lowest BCUT2D eigenvalue weighted by Gasteiger charge is -2.50. The predicted molar refractivity (Wildman–Crippen MR) is 132 cm³/mol. The fraction of sp³-hybridized carbons (Fsp3) is 0.407. The van der Waals surface area contributed by atoms with Gasteiger partial charge in [-0.15, -0.1) is 0 Å². The fourth-order valence-corrected chi connectivity index (χ4v) is 5.78. The number of carbonyl (C=O) groups is 4. The van der Waals surface area contributed by atoms with Gasteiger partial charge in [0, 0.05) is 29.9 Å². The van der Waals surface area contributed by atoms with Gasteiger partial charge in [0.05, 0.1) is 18.3 Å². The first kappa shape index (κ1) is 27.1. The number of ketones is 2. The van der Waals surface area contributed by atoms with Crippen molar-refractivity contribution in [3.05, 3.63) is 57.6 Å². The van der Waals surface area contributed by atoms with Crippen molar-refractivity contribution in [2.45, 2.75) is 50.7 Å². The normalized spacial score (nSPS) is 28.7. The summed E-state index contributed by atoms with van der Waals surface area (Å²) in [6.45, 7) is 3.80. The van der Waals surface area contributed by atoms with Gasteiger partial charge in [0.25, 0.3) is 5.91 Å². The molecule has 7 N–H and O–H groups in total. The number of Topliss-reactive ketones (excluding diaryl/α,β-unsaturated/α-hetero) is 2. The van der Waals surface area contributed by atoms with Gasteiger partial charge in [0.2, 0.25) is 5.78 Å². The van der Waals surface area contributed by atoms with E-state index in [0.717, 1.165) is 6.42 Å². The monoisotopic (exact) mass is 527 g/mol. The molecule has 4 rings (SSSR count). The Kier molecular flexibility index (Phi) is 6.94. The number of ether oxygens (including phenoxy) is 1. The number of aromatic hydroxyl groups is 1. The maximum Gasteiger partial charge on any atom is 0.330 e. The van der Waals surface area contributed by atoms with Crippen molar-refractivity contribution >= 4 is 29.5 Å². The van der Waals surface area contributed by atoms with Crippen LogP contribution < -0.4 is 5.73 Å². The van der Waals surface area contributed by atoms with Gasteiger partial charge in [0.1, 0.15) is 22.8 Å². The van der Waals surface area contributed by atoms with E-state index in [1.807, 2.05) is 6.92 Å². The molecule has 0 saturated heterocycles. The number of nitrogens with two attached hydrogens (primary N) is 1. The summed E-state index contributed by atoms with van der Waals surface area (Å²) in [6.07, 6.45) is 1.91. The van der Waals surface area contributed by atoms with Crippen LogP contribution in [0.3, 0.4) is 0 Å². The number of phenols is 1. The van der Waals surface area contributed by atoms with E-state index in [0.29, 0.717) is 12.0 Å². The minimum Gasteiger partial charge on any atom is -0.511 e. The molecule has 1 aromatic carbocycles. The highest BCUT2D eigenvalue weighted by Gasteiger charge is 2.64. The standard InChI is InChI=1S/C27H29NO10/c1-3-4-9-38-16(31)8-6-12-5-7-14(29)19-17(12)11(2)18-21(23(19)33)25(35)27(37)13(22(18)32)10-15(30)20(24(27)34)26(28)36/h5-8,11,13,18,22,29-30,32,35,37H,3-4,9-10H2,1-2H3,(H2,28,36)/b8-6+/t11-,13+,18+,22+,27+/m0/s1. The Bertz CT molecular complexity index is 1340. The highest BCUT2D eigenvalue weighted by atomic mass is 16.5. The van der Waals surface area contributed by atoms with Gasteiger partial charge in [-0.3, -0.25) is 14.4 Å². The third-order valence-corrected chi connectivity index (χ3v) is 7.65. The molecule has 202 valence electrons. The molecule has 1 amide bonds. The van der Waals surface area contributed by atoms with Crippen molar-refractivity contribution < 1.29 is 49.4 Å². The molecule has 11 heteroatoms. The highest BCUT2D eigenvalue weighted by Crippen LogP contribution is 2.55. The Morgan fingerprint density at radius 2 is 1.89 bits per heavy atom. The second-order valence-corrected chi connectivity index (χ2v) is 9.81. The van der Waals surface area contributed by atoms with E-state index < -0.39 is 87.7 Å². The molecular formula is C27H29NO10. The van der Waals surface area contributed by atoms with Gasteiger partial charge in [-0.1, -0.05) is 26.3 Å². The molecule has 0 unspecified atom stereocenters. The zero-order valence-corrected chi connectivity index (χ0v) is 20.8. The van der Waals surface area contributed by atoms with E-state index in [1.165, 1.54) is 24.3 Å². The summed E-state index contributed by atoms with van der Waals surface area (Å²) >= 11 is 0. The smallest absolute Gasteiger partial charge is 0.330 e. The van der Waals surface area contributed by atoms with Crippen molar-refractivity contribution in [2.24, 2.45) is 17.6 Å². The van der Waals surface area contributed by atoms with Crippen LogP contribution in [0.1, 0.15) is 60.5 Å². The number of rotatable bonds is 6. The van der Waals surface area contributed by atoms with Crippen LogP contribution in [0.4, 0.5) is 0 Å². The van der Waals surface area contributed by atoms with E-state index in [-0.39, 0.29) is 17.7 Å². The number of aliphatic hydroxyl groups is 4. The Balaban J connectivity index is 1.85. The second-order valence-electron chi connectivity index (χ2n) is 9.81. The lowest BCUT2D eigenvalue weighted by molar-refractivity contribution is -0.154. The molecule has 0 aromatic heterocycles. The number of hydrogen-bond donors (Lipinski definition) is 6. The minimum atomic E-state index is -2.90. The first-order chi connectivity index (χ1) is 17.9. The van der Waals surface area contributed by atoms with Crippen LogP contribution in [0.2, 0.25) is 0 Å². The van der Waals surface area contributed by atoms with E-state index >= 15 is 0 Å². The lowest BCUT2D eigenvalue weighted by atomic mass is 9.56. The summed E-state index contributed by atoms with van der Waals surface area (Å²) < 4.78 is 5.11. The van der Waals surface area contributed by atoms with Gasteiger partial charge < -0.3 is 36.0 Å². The number of hydrogen-bond acceptors (Lipinski definition) is 10. The first-order valence-electron chi connectivity index (χ1n) is 12.2.